The van der Waals surface area contributed by atoms with Crippen LogP contribution in [0.25, 0.3) is 0 Å². The zero-order valence-electron chi connectivity index (χ0n) is 12.8. The van der Waals surface area contributed by atoms with E-state index in [2.05, 4.69) is 31.0 Å². The molecule has 108 valence electrons. The van der Waals surface area contributed by atoms with Gasteiger partial charge in [0, 0.05) is 13.1 Å². The van der Waals surface area contributed by atoms with E-state index in [9.17, 15) is 0 Å². The second-order valence-electron chi connectivity index (χ2n) is 7.61. The first kappa shape index (κ1) is 13.3. The summed E-state index contributed by atoms with van der Waals surface area (Å²) in [6.07, 6.45) is 6.86. The molecular formula is C16H29N3. The summed E-state index contributed by atoms with van der Waals surface area (Å²) < 4.78 is 0. The van der Waals surface area contributed by atoms with Crippen molar-refractivity contribution in [3.8, 4) is 0 Å². The van der Waals surface area contributed by atoms with Crippen LogP contribution in [0.3, 0.4) is 0 Å². The van der Waals surface area contributed by atoms with Gasteiger partial charge < -0.3 is 10.2 Å². The van der Waals surface area contributed by atoms with Crippen LogP contribution in [0.5, 0.6) is 0 Å². The molecule has 1 saturated heterocycles. The van der Waals surface area contributed by atoms with E-state index in [0.29, 0.717) is 11.5 Å². The normalized spacial score (nSPS) is 37.1. The summed E-state index contributed by atoms with van der Waals surface area (Å²) in [4.78, 5) is 7.29. The molecule has 0 aromatic carbocycles. The highest BCUT2D eigenvalue weighted by Gasteiger charge is 2.36. The van der Waals surface area contributed by atoms with E-state index in [0.717, 1.165) is 24.9 Å². The number of guanidine groups is 1. The van der Waals surface area contributed by atoms with Gasteiger partial charge in [0.25, 0.3) is 0 Å². The topological polar surface area (TPSA) is 27.6 Å². The zero-order chi connectivity index (χ0) is 13.5. The minimum absolute atomic E-state index is 0.515. The summed E-state index contributed by atoms with van der Waals surface area (Å²) in [6, 6.07) is 0.690. The Labute approximate surface area is 117 Å². The quantitative estimate of drug-likeness (QED) is 0.829. The standard InChI is InChI=1S/C16H29N3/c1-12-6-7-14-10-18-15(19(14)11-12)17-9-13-5-4-8-16(13,2)3/h12-14H,4-11H2,1-3H3,(H,17,18). The van der Waals surface area contributed by atoms with Crippen LogP contribution in [0.15, 0.2) is 4.99 Å². The van der Waals surface area contributed by atoms with Gasteiger partial charge in [0.15, 0.2) is 5.96 Å². The maximum atomic E-state index is 4.75. The van der Waals surface area contributed by atoms with E-state index in [1.807, 2.05) is 0 Å². The lowest BCUT2D eigenvalue weighted by Gasteiger charge is -2.36. The van der Waals surface area contributed by atoms with Gasteiger partial charge in [-0.25, -0.2) is 0 Å². The number of aliphatic imine (C=N–C) groups is 1. The molecule has 2 heterocycles. The largest absolute Gasteiger partial charge is 0.356 e. The first-order chi connectivity index (χ1) is 9.06. The second-order valence-corrected chi connectivity index (χ2v) is 7.61. The van der Waals surface area contributed by atoms with Gasteiger partial charge in [0.2, 0.25) is 0 Å². The van der Waals surface area contributed by atoms with Crippen LogP contribution in [0.1, 0.15) is 52.9 Å². The van der Waals surface area contributed by atoms with Crippen LogP contribution in [0.4, 0.5) is 0 Å². The van der Waals surface area contributed by atoms with E-state index in [4.69, 9.17) is 4.99 Å². The van der Waals surface area contributed by atoms with Gasteiger partial charge in [-0.3, -0.25) is 4.99 Å². The lowest BCUT2D eigenvalue weighted by atomic mass is 9.82. The summed E-state index contributed by atoms with van der Waals surface area (Å²) in [7, 11) is 0. The average Bonchev–Trinajstić information content (AvgIpc) is 2.90. The Morgan fingerprint density at radius 3 is 2.89 bits per heavy atom. The highest BCUT2D eigenvalue weighted by atomic mass is 15.4. The summed E-state index contributed by atoms with van der Waals surface area (Å²) in [5.41, 5.74) is 0.515. The van der Waals surface area contributed by atoms with E-state index >= 15 is 0 Å². The van der Waals surface area contributed by atoms with Crippen LogP contribution in [-0.4, -0.2) is 36.5 Å². The van der Waals surface area contributed by atoms with Crippen molar-refractivity contribution in [2.75, 3.05) is 19.6 Å². The Hall–Kier alpha value is -0.730. The predicted molar refractivity (Wildman–Crippen MR) is 80.3 cm³/mol. The van der Waals surface area contributed by atoms with Gasteiger partial charge >= 0.3 is 0 Å². The third-order valence-electron chi connectivity index (χ3n) is 5.65. The van der Waals surface area contributed by atoms with Crippen molar-refractivity contribution in [3.05, 3.63) is 0 Å². The second kappa shape index (κ2) is 4.99. The Balaban J connectivity index is 1.56. The van der Waals surface area contributed by atoms with E-state index < -0.39 is 0 Å². The van der Waals surface area contributed by atoms with Crippen molar-refractivity contribution < 1.29 is 0 Å². The van der Waals surface area contributed by atoms with Gasteiger partial charge in [-0.2, -0.15) is 0 Å². The third-order valence-corrected chi connectivity index (χ3v) is 5.65. The molecule has 3 aliphatic rings. The molecular weight excluding hydrogens is 234 g/mol. The molecule has 0 spiro atoms. The molecule has 1 saturated carbocycles. The molecule has 3 unspecified atom stereocenters. The number of piperidine rings is 1. The minimum Gasteiger partial charge on any atom is -0.356 e. The summed E-state index contributed by atoms with van der Waals surface area (Å²) in [6.45, 7) is 10.5. The summed E-state index contributed by atoms with van der Waals surface area (Å²) in [5.74, 6) is 2.83. The number of hydrogen-bond acceptors (Lipinski definition) is 3. The first-order valence-electron chi connectivity index (χ1n) is 8.11. The molecule has 1 N–H and O–H groups in total. The fraction of sp³-hybridized carbons (Fsp3) is 0.938. The van der Waals surface area contributed by atoms with Crippen LogP contribution in [0, 0.1) is 17.3 Å². The Morgan fingerprint density at radius 1 is 1.32 bits per heavy atom. The summed E-state index contributed by atoms with van der Waals surface area (Å²) >= 11 is 0. The molecule has 0 aromatic heterocycles. The molecule has 19 heavy (non-hydrogen) atoms. The van der Waals surface area contributed by atoms with Gasteiger partial charge in [-0.15, -0.1) is 0 Å². The Bertz CT molecular complexity index is 361. The Kier molecular flexibility index (Phi) is 3.48. The molecule has 0 radical (unpaired) electrons. The van der Waals surface area contributed by atoms with Gasteiger partial charge in [0.05, 0.1) is 12.6 Å². The lowest BCUT2D eigenvalue weighted by Crippen LogP contribution is -2.49. The van der Waals surface area contributed by atoms with Crippen molar-refractivity contribution in [2.24, 2.45) is 22.2 Å². The van der Waals surface area contributed by atoms with Gasteiger partial charge in [-0.1, -0.05) is 27.2 Å². The average molecular weight is 263 g/mol. The fourth-order valence-corrected chi connectivity index (χ4v) is 4.09. The number of hydrogen-bond donors (Lipinski definition) is 1. The molecule has 3 atom stereocenters. The number of fused-ring (bicyclic) bond motifs is 1. The molecule has 0 aromatic rings. The van der Waals surface area contributed by atoms with E-state index in [-0.39, 0.29) is 0 Å². The summed E-state index contributed by atoms with van der Waals surface area (Å²) in [5, 5.41) is 3.67. The van der Waals surface area contributed by atoms with Crippen LogP contribution in [-0.2, 0) is 0 Å². The van der Waals surface area contributed by atoms with E-state index in [1.165, 1.54) is 44.6 Å². The molecule has 2 fully saturated rings. The lowest BCUT2D eigenvalue weighted by molar-refractivity contribution is 0.207. The Morgan fingerprint density at radius 2 is 2.16 bits per heavy atom. The third kappa shape index (κ3) is 2.61. The van der Waals surface area contributed by atoms with Crippen molar-refractivity contribution in [1.29, 1.82) is 0 Å². The number of nitrogens with one attached hydrogen (secondary N) is 1. The maximum absolute atomic E-state index is 4.75. The van der Waals surface area contributed by atoms with Crippen LogP contribution < -0.4 is 5.32 Å². The highest BCUT2D eigenvalue weighted by molar-refractivity contribution is 5.82. The van der Waals surface area contributed by atoms with E-state index in [1.54, 1.807) is 0 Å². The molecule has 3 rings (SSSR count). The maximum Gasteiger partial charge on any atom is 0.194 e. The molecule has 1 aliphatic carbocycles. The van der Waals surface area contributed by atoms with Crippen molar-refractivity contribution in [2.45, 2.75) is 58.9 Å². The van der Waals surface area contributed by atoms with Crippen molar-refractivity contribution >= 4 is 5.96 Å². The van der Waals surface area contributed by atoms with Crippen molar-refractivity contribution in [3.63, 3.8) is 0 Å². The van der Waals surface area contributed by atoms with Crippen molar-refractivity contribution in [1.82, 2.24) is 10.2 Å². The molecule has 3 nitrogen and oxygen atoms in total. The molecule has 0 amide bonds. The van der Waals surface area contributed by atoms with Gasteiger partial charge in [-0.05, 0) is 42.9 Å². The number of rotatable bonds is 2. The first-order valence-corrected chi connectivity index (χ1v) is 8.11. The predicted octanol–water partition coefficient (Wildman–Crippen LogP) is 2.87. The molecule has 0 bridgehead atoms. The van der Waals surface area contributed by atoms with Crippen LogP contribution in [0.2, 0.25) is 0 Å². The minimum atomic E-state index is 0.515. The SMILES string of the molecule is CC1CCC2CN=C(NCC3CCCC3(C)C)N2C1. The zero-order valence-corrected chi connectivity index (χ0v) is 12.8. The fourth-order valence-electron chi connectivity index (χ4n) is 4.09. The van der Waals surface area contributed by atoms with Gasteiger partial charge in [0.1, 0.15) is 0 Å². The number of nitrogens with zero attached hydrogens (tertiary/aromatic N) is 2. The van der Waals surface area contributed by atoms with Crippen LogP contribution >= 0.6 is 0 Å². The molecule has 3 heteroatoms. The molecule has 2 aliphatic heterocycles. The smallest absolute Gasteiger partial charge is 0.194 e. The highest BCUT2D eigenvalue weighted by Crippen LogP contribution is 2.42. The monoisotopic (exact) mass is 263 g/mol.